The lowest BCUT2D eigenvalue weighted by Crippen LogP contribution is -2.24. The van der Waals surface area contributed by atoms with E-state index < -0.39 is 5.97 Å². The fourth-order valence-electron chi connectivity index (χ4n) is 2.96. The SMILES string of the molecule is N=C(N)Nc1ccc(C(=O)O)c(-c2ccc(CC(=O)NCc3cccnc3)cc2)c1. The van der Waals surface area contributed by atoms with Crippen molar-refractivity contribution < 1.29 is 14.7 Å². The molecule has 0 unspecified atom stereocenters. The molecule has 0 bridgehead atoms. The summed E-state index contributed by atoms with van der Waals surface area (Å²) < 4.78 is 0. The van der Waals surface area contributed by atoms with Crippen LogP contribution in [-0.2, 0) is 17.8 Å². The Morgan fingerprint density at radius 3 is 2.47 bits per heavy atom. The second-order valence-electron chi connectivity index (χ2n) is 6.62. The second kappa shape index (κ2) is 9.33. The number of rotatable bonds is 7. The van der Waals surface area contributed by atoms with Crippen LogP contribution in [0, 0.1) is 5.41 Å². The summed E-state index contributed by atoms with van der Waals surface area (Å²) in [5.74, 6) is -1.42. The fourth-order valence-corrected chi connectivity index (χ4v) is 2.96. The average molecular weight is 403 g/mol. The quantitative estimate of drug-likeness (QED) is 0.303. The number of carbonyl (C=O) groups excluding carboxylic acids is 1. The van der Waals surface area contributed by atoms with Gasteiger partial charge in [0.05, 0.1) is 12.0 Å². The van der Waals surface area contributed by atoms with Crippen molar-refractivity contribution in [1.82, 2.24) is 10.3 Å². The summed E-state index contributed by atoms with van der Waals surface area (Å²) in [6.07, 6.45) is 3.58. The number of nitrogens with one attached hydrogen (secondary N) is 3. The van der Waals surface area contributed by atoms with E-state index >= 15 is 0 Å². The minimum atomic E-state index is -1.06. The number of pyridine rings is 1. The minimum absolute atomic E-state index is 0.120. The molecule has 1 heterocycles. The lowest BCUT2D eigenvalue weighted by atomic mass is 9.97. The molecule has 0 aliphatic carbocycles. The van der Waals surface area contributed by atoms with E-state index in [-0.39, 0.29) is 23.9 Å². The Kier molecular flexibility index (Phi) is 6.39. The van der Waals surface area contributed by atoms with Crippen LogP contribution >= 0.6 is 0 Å². The molecule has 0 aliphatic rings. The van der Waals surface area contributed by atoms with Gasteiger partial charge in [-0.05, 0) is 46.5 Å². The molecule has 8 nitrogen and oxygen atoms in total. The molecule has 0 fully saturated rings. The summed E-state index contributed by atoms with van der Waals surface area (Å²) in [5.41, 5.74) is 8.89. The van der Waals surface area contributed by atoms with Gasteiger partial charge in [0.1, 0.15) is 0 Å². The van der Waals surface area contributed by atoms with E-state index in [0.717, 1.165) is 11.1 Å². The highest BCUT2D eigenvalue weighted by atomic mass is 16.4. The van der Waals surface area contributed by atoms with Gasteiger partial charge in [0, 0.05) is 24.6 Å². The van der Waals surface area contributed by atoms with E-state index in [0.29, 0.717) is 23.4 Å². The van der Waals surface area contributed by atoms with E-state index in [2.05, 4.69) is 15.6 Å². The van der Waals surface area contributed by atoms with Crippen molar-refractivity contribution in [1.29, 1.82) is 5.41 Å². The van der Waals surface area contributed by atoms with Crippen LogP contribution < -0.4 is 16.4 Å². The molecule has 3 aromatic rings. The average Bonchev–Trinajstić information content (AvgIpc) is 2.73. The number of benzene rings is 2. The Balaban J connectivity index is 1.72. The highest BCUT2D eigenvalue weighted by molar-refractivity contribution is 5.98. The third kappa shape index (κ3) is 5.41. The number of carbonyl (C=O) groups is 2. The van der Waals surface area contributed by atoms with Gasteiger partial charge < -0.3 is 21.5 Å². The largest absolute Gasteiger partial charge is 0.478 e. The first-order chi connectivity index (χ1) is 14.4. The molecule has 1 amide bonds. The molecule has 8 heteroatoms. The maximum absolute atomic E-state index is 12.2. The smallest absolute Gasteiger partial charge is 0.336 e. The van der Waals surface area contributed by atoms with Crippen molar-refractivity contribution in [2.75, 3.05) is 5.32 Å². The van der Waals surface area contributed by atoms with Crippen molar-refractivity contribution in [3.05, 3.63) is 83.7 Å². The standard InChI is InChI=1S/C22H21N5O3/c23-22(24)27-17-7-8-18(21(29)30)19(11-17)16-5-3-14(4-6-16)10-20(28)26-13-15-2-1-9-25-12-15/h1-9,11-12H,10,13H2,(H,26,28)(H,29,30)(H4,23,24,27). The molecule has 0 spiro atoms. The molecule has 0 saturated carbocycles. The number of nitrogens with zero attached hydrogens (tertiary/aromatic N) is 1. The first kappa shape index (κ1) is 20.5. The van der Waals surface area contributed by atoms with Gasteiger partial charge in [0.25, 0.3) is 0 Å². The maximum Gasteiger partial charge on any atom is 0.336 e. The molecular weight excluding hydrogens is 382 g/mol. The molecule has 2 aromatic carbocycles. The van der Waals surface area contributed by atoms with Crippen LogP contribution in [0.15, 0.2) is 67.0 Å². The molecule has 0 radical (unpaired) electrons. The zero-order valence-corrected chi connectivity index (χ0v) is 16.1. The normalized spacial score (nSPS) is 10.3. The summed E-state index contributed by atoms with van der Waals surface area (Å²) in [5, 5.41) is 22.3. The number of carboxylic acid groups (broad SMARTS) is 1. The first-order valence-electron chi connectivity index (χ1n) is 9.15. The number of aromatic carboxylic acids is 1. The van der Waals surface area contributed by atoms with E-state index in [1.54, 1.807) is 48.8 Å². The number of hydrogen-bond acceptors (Lipinski definition) is 4. The Morgan fingerprint density at radius 2 is 1.83 bits per heavy atom. The highest BCUT2D eigenvalue weighted by Gasteiger charge is 2.13. The van der Waals surface area contributed by atoms with Gasteiger partial charge in [-0.2, -0.15) is 0 Å². The third-order valence-corrected chi connectivity index (χ3v) is 4.37. The van der Waals surface area contributed by atoms with Gasteiger partial charge in [-0.1, -0.05) is 30.3 Å². The summed E-state index contributed by atoms with van der Waals surface area (Å²) in [6.45, 7) is 0.405. The number of hydrogen-bond donors (Lipinski definition) is 5. The van der Waals surface area contributed by atoms with E-state index in [1.807, 2.05) is 12.1 Å². The predicted octanol–water partition coefficient (Wildman–Crippen LogP) is 2.61. The molecule has 6 N–H and O–H groups in total. The first-order valence-corrected chi connectivity index (χ1v) is 9.15. The predicted molar refractivity (Wildman–Crippen MR) is 114 cm³/mol. The van der Waals surface area contributed by atoms with Gasteiger partial charge in [-0.25, -0.2) is 4.79 Å². The van der Waals surface area contributed by atoms with Crippen LogP contribution in [0.2, 0.25) is 0 Å². The van der Waals surface area contributed by atoms with Gasteiger partial charge in [-0.3, -0.25) is 15.2 Å². The number of amides is 1. The zero-order valence-electron chi connectivity index (χ0n) is 16.1. The molecule has 0 aliphatic heterocycles. The molecule has 152 valence electrons. The number of guanidine groups is 1. The van der Waals surface area contributed by atoms with Crippen LogP contribution in [-0.4, -0.2) is 27.9 Å². The van der Waals surface area contributed by atoms with Crippen LogP contribution in [0.1, 0.15) is 21.5 Å². The maximum atomic E-state index is 12.2. The van der Waals surface area contributed by atoms with E-state index in [4.69, 9.17) is 11.1 Å². The van der Waals surface area contributed by atoms with Crippen molar-refractivity contribution in [2.45, 2.75) is 13.0 Å². The van der Waals surface area contributed by atoms with Gasteiger partial charge in [0.2, 0.25) is 5.91 Å². The Hall–Kier alpha value is -4.20. The lowest BCUT2D eigenvalue weighted by molar-refractivity contribution is -0.120. The fraction of sp³-hybridized carbons (Fsp3) is 0.0909. The van der Waals surface area contributed by atoms with Crippen LogP contribution in [0.3, 0.4) is 0 Å². The van der Waals surface area contributed by atoms with Crippen molar-refractivity contribution in [2.24, 2.45) is 5.73 Å². The molecular formula is C22H21N5O3. The topological polar surface area (TPSA) is 141 Å². The van der Waals surface area contributed by atoms with Gasteiger partial charge in [0.15, 0.2) is 5.96 Å². The summed E-state index contributed by atoms with van der Waals surface area (Å²) >= 11 is 0. The third-order valence-electron chi connectivity index (χ3n) is 4.37. The number of aromatic nitrogens is 1. The number of anilines is 1. The van der Waals surface area contributed by atoms with Crippen LogP contribution in [0.4, 0.5) is 5.69 Å². The molecule has 1 aromatic heterocycles. The van der Waals surface area contributed by atoms with Crippen molar-refractivity contribution in [3.8, 4) is 11.1 Å². The minimum Gasteiger partial charge on any atom is -0.478 e. The summed E-state index contributed by atoms with van der Waals surface area (Å²) in [6, 6.07) is 15.4. The van der Waals surface area contributed by atoms with Crippen LogP contribution in [0.5, 0.6) is 0 Å². The van der Waals surface area contributed by atoms with Gasteiger partial charge in [-0.15, -0.1) is 0 Å². The highest BCUT2D eigenvalue weighted by Crippen LogP contribution is 2.27. The monoisotopic (exact) mass is 403 g/mol. The van der Waals surface area contributed by atoms with Gasteiger partial charge >= 0.3 is 5.97 Å². The summed E-state index contributed by atoms with van der Waals surface area (Å²) in [4.78, 5) is 27.8. The molecule has 3 rings (SSSR count). The lowest BCUT2D eigenvalue weighted by Gasteiger charge is -2.11. The molecule has 30 heavy (non-hydrogen) atoms. The summed E-state index contributed by atoms with van der Waals surface area (Å²) in [7, 11) is 0. The van der Waals surface area contributed by atoms with Crippen molar-refractivity contribution in [3.63, 3.8) is 0 Å². The number of carboxylic acids is 1. The van der Waals surface area contributed by atoms with Crippen molar-refractivity contribution >= 4 is 23.5 Å². The van der Waals surface area contributed by atoms with E-state index in [9.17, 15) is 14.7 Å². The van der Waals surface area contributed by atoms with E-state index in [1.165, 1.54) is 6.07 Å². The second-order valence-corrected chi connectivity index (χ2v) is 6.62. The molecule has 0 atom stereocenters. The van der Waals surface area contributed by atoms with Crippen LogP contribution in [0.25, 0.3) is 11.1 Å². The Labute approximate surface area is 173 Å². The Morgan fingerprint density at radius 1 is 1.07 bits per heavy atom. The number of nitrogens with two attached hydrogens (primary N) is 1. The zero-order chi connectivity index (χ0) is 21.5. The Bertz CT molecular complexity index is 1070. The molecule has 0 saturated heterocycles.